The number of rotatable bonds is 5. The fraction of sp³-hybridized carbons (Fsp3) is 0.750. The van der Waals surface area contributed by atoms with Crippen LogP contribution in [0.2, 0.25) is 0 Å². The summed E-state index contributed by atoms with van der Waals surface area (Å²) in [6.07, 6.45) is 7.22. The molecule has 106 valence electrons. The first kappa shape index (κ1) is 13.6. The Labute approximate surface area is 120 Å². The molecule has 1 aromatic heterocycles. The third kappa shape index (κ3) is 2.37. The van der Waals surface area contributed by atoms with E-state index in [-0.39, 0.29) is 0 Å². The molecule has 2 nitrogen and oxygen atoms in total. The van der Waals surface area contributed by atoms with E-state index >= 15 is 0 Å². The van der Waals surface area contributed by atoms with Gasteiger partial charge in [0.1, 0.15) is 0 Å². The second-order valence-corrected chi connectivity index (χ2v) is 7.08. The topological polar surface area (TPSA) is 21.3 Å². The molecule has 3 rings (SSSR count). The largest absolute Gasteiger partial charge is 0.378 e. The number of hydrogen-bond acceptors (Lipinski definition) is 3. The summed E-state index contributed by atoms with van der Waals surface area (Å²) in [6, 6.07) is 2.89. The smallest absolute Gasteiger partial charge is 0.0661 e. The Morgan fingerprint density at radius 2 is 2.21 bits per heavy atom. The summed E-state index contributed by atoms with van der Waals surface area (Å²) in [6.45, 7) is 6.24. The van der Waals surface area contributed by atoms with Gasteiger partial charge in [0.25, 0.3) is 0 Å². The molecule has 0 radical (unpaired) electrons. The SMILES string of the molecule is CCOC1CC(NCc2sccc2C)C12CCCC2. The molecule has 2 unspecified atom stereocenters. The molecule has 0 aliphatic heterocycles. The first-order chi connectivity index (χ1) is 9.26. The van der Waals surface area contributed by atoms with Crippen molar-refractivity contribution in [1.29, 1.82) is 0 Å². The van der Waals surface area contributed by atoms with E-state index in [0.717, 1.165) is 13.2 Å². The van der Waals surface area contributed by atoms with E-state index in [1.54, 1.807) is 0 Å². The van der Waals surface area contributed by atoms with Gasteiger partial charge < -0.3 is 10.1 Å². The molecule has 2 aliphatic carbocycles. The van der Waals surface area contributed by atoms with Gasteiger partial charge in [-0.25, -0.2) is 0 Å². The maximum absolute atomic E-state index is 5.97. The minimum Gasteiger partial charge on any atom is -0.378 e. The quantitative estimate of drug-likeness (QED) is 0.883. The molecule has 2 saturated carbocycles. The standard InChI is InChI=1S/C16H25NOS/c1-3-18-15-10-14(16(15)7-4-5-8-16)17-11-13-12(2)6-9-19-13/h6,9,14-15,17H,3-5,7-8,10-11H2,1-2H3. The van der Waals surface area contributed by atoms with E-state index in [9.17, 15) is 0 Å². The molecular weight excluding hydrogens is 254 g/mol. The molecule has 0 bridgehead atoms. The first-order valence-corrected chi connectivity index (χ1v) is 8.52. The zero-order valence-electron chi connectivity index (χ0n) is 12.1. The number of nitrogens with one attached hydrogen (secondary N) is 1. The molecule has 2 fully saturated rings. The highest BCUT2D eigenvalue weighted by molar-refractivity contribution is 7.10. The predicted molar refractivity (Wildman–Crippen MR) is 80.6 cm³/mol. The Bertz CT molecular complexity index is 422. The molecule has 19 heavy (non-hydrogen) atoms. The Balaban J connectivity index is 1.61. The van der Waals surface area contributed by atoms with Crippen molar-refractivity contribution in [3.8, 4) is 0 Å². The van der Waals surface area contributed by atoms with Crippen molar-refractivity contribution < 1.29 is 4.74 Å². The third-order valence-corrected chi connectivity index (χ3v) is 6.19. The molecule has 3 heteroatoms. The molecule has 1 N–H and O–H groups in total. The summed E-state index contributed by atoms with van der Waals surface area (Å²) in [5.74, 6) is 0. The minimum absolute atomic E-state index is 0.459. The van der Waals surface area contributed by atoms with Crippen molar-refractivity contribution in [1.82, 2.24) is 5.32 Å². The van der Waals surface area contributed by atoms with Gasteiger partial charge in [0.05, 0.1) is 6.10 Å². The van der Waals surface area contributed by atoms with Crippen molar-refractivity contribution in [2.24, 2.45) is 5.41 Å². The summed E-state index contributed by atoms with van der Waals surface area (Å²) < 4.78 is 5.97. The lowest BCUT2D eigenvalue weighted by Gasteiger charge is -2.54. The molecule has 1 spiro atoms. The van der Waals surface area contributed by atoms with E-state index in [2.05, 4.69) is 30.6 Å². The number of hydrogen-bond donors (Lipinski definition) is 1. The van der Waals surface area contributed by atoms with Gasteiger partial charge in [-0.3, -0.25) is 0 Å². The molecule has 1 heterocycles. The molecule has 2 atom stereocenters. The molecule has 0 saturated heterocycles. The van der Waals surface area contributed by atoms with Crippen LogP contribution in [0.4, 0.5) is 0 Å². The van der Waals surface area contributed by atoms with Crippen LogP contribution >= 0.6 is 11.3 Å². The van der Waals surface area contributed by atoms with E-state index in [1.807, 2.05) is 11.3 Å². The summed E-state index contributed by atoms with van der Waals surface area (Å²) in [5.41, 5.74) is 1.89. The third-order valence-electron chi connectivity index (χ3n) is 5.16. The second-order valence-electron chi connectivity index (χ2n) is 6.08. The molecule has 0 amide bonds. The highest BCUT2D eigenvalue weighted by Gasteiger charge is 2.56. The molecule has 2 aliphatic rings. The van der Waals surface area contributed by atoms with Crippen molar-refractivity contribution in [2.75, 3.05) is 6.61 Å². The van der Waals surface area contributed by atoms with Crippen LogP contribution in [0.1, 0.15) is 49.5 Å². The van der Waals surface area contributed by atoms with Gasteiger partial charge in [0.2, 0.25) is 0 Å². The lowest BCUT2D eigenvalue weighted by molar-refractivity contribution is -0.130. The summed E-state index contributed by atoms with van der Waals surface area (Å²) in [5, 5.41) is 6.01. The van der Waals surface area contributed by atoms with Gasteiger partial charge in [0, 0.05) is 29.5 Å². The van der Waals surface area contributed by atoms with Gasteiger partial charge in [-0.1, -0.05) is 12.8 Å². The van der Waals surface area contributed by atoms with Gasteiger partial charge in [-0.2, -0.15) is 0 Å². The normalized spacial score (nSPS) is 28.7. The first-order valence-electron chi connectivity index (χ1n) is 7.64. The minimum atomic E-state index is 0.459. The zero-order chi connectivity index (χ0) is 13.3. The number of ether oxygens (including phenoxy) is 1. The highest BCUT2D eigenvalue weighted by atomic mass is 32.1. The Hall–Kier alpha value is -0.380. The van der Waals surface area contributed by atoms with Crippen LogP contribution in [0.3, 0.4) is 0 Å². The Morgan fingerprint density at radius 3 is 2.84 bits per heavy atom. The van der Waals surface area contributed by atoms with Crippen LogP contribution in [0, 0.1) is 12.3 Å². The monoisotopic (exact) mass is 279 g/mol. The van der Waals surface area contributed by atoms with Crippen LogP contribution in [-0.2, 0) is 11.3 Å². The number of thiophene rings is 1. The van der Waals surface area contributed by atoms with Gasteiger partial charge in [-0.05, 0) is 50.1 Å². The molecular formula is C16H25NOS. The summed E-state index contributed by atoms with van der Waals surface area (Å²) >= 11 is 1.87. The predicted octanol–water partition coefficient (Wildman–Crippen LogP) is 3.88. The average Bonchev–Trinajstić information content (AvgIpc) is 3.03. The second kappa shape index (κ2) is 5.55. The van der Waals surface area contributed by atoms with Crippen molar-refractivity contribution in [2.45, 2.75) is 64.6 Å². The van der Waals surface area contributed by atoms with Gasteiger partial charge in [-0.15, -0.1) is 11.3 Å². The highest BCUT2D eigenvalue weighted by Crippen LogP contribution is 2.54. The van der Waals surface area contributed by atoms with Crippen LogP contribution in [-0.4, -0.2) is 18.8 Å². The molecule has 1 aromatic rings. The van der Waals surface area contributed by atoms with E-state index in [1.165, 1.54) is 42.5 Å². The van der Waals surface area contributed by atoms with E-state index in [0.29, 0.717) is 17.6 Å². The van der Waals surface area contributed by atoms with Crippen LogP contribution in [0.25, 0.3) is 0 Å². The van der Waals surface area contributed by atoms with E-state index < -0.39 is 0 Å². The van der Waals surface area contributed by atoms with Crippen LogP contribution in [0.15, 0.2) is 11.4 Å². The fourth-order valence-corrected chi connectivity index (χ4v) is 4.83. The maximum Gasteiger partial charge on any atom is 0.0661 e. The van der Waals surface area contributed by atoms with Crippen molar-refractivity contribution in [3.05, 3.63) is 21.9 Å². The van der Waals surface area contributed by atoms with Crippen molar-refractivity contribution >= 4 is 11.3 Å². The number of aryl methyl sites for hydroxylation is 1. The van der Waals surface area contributed by atoms with Gasteiger partial charge >= 0.3 is 0 Å². The summed E-state index contributed by atoms with van der Waals surface area (Å²) in [7, 11) is 0. The Kier molecular flexibility index (Phi) is 3.97. The zero-order valence-corrected chi connectivity index (χ0v) is 12.9. The fourth-order valence-electron chi connectivity index (χ4n) is 3.97. The van der Waals surface area contributed by atoms with Crippen molar-refractivity contribution in [3.63, 3.8) is 0 Å². The van der Waals surface area contributed by atoms with Crippen LogP contribution in [0.5, 0.6) is 0 Å². The lowest BCUT2D eigenvalue weighted by atomic mass is 9.60. The maximum atomic E-state index is 5.97. The Morgan fingerprint density at radius 1 is 1.42 bits per heavy atom. The summed E-state index contributed by atoms with van der Waals surface area (Å²) in [4.78, 5) is 1.49. The van der Waals surface area contributed by atoms with Gasteiger partial charge in [0.15, 0.2) is 0 Å². The lowest BCUT2D eigenvalue weighted by Crippen LogP contribution is -2.62. The average molecular weight is 279 g/mol. The van der Waals surface area contributed by atoms with Crippen LogP contribution < -0.4 is 5.32 Å². The molecule has 0 aromatic carbocycles. The van der Waals surface area contributed by atoms with E-state index in [4.69, 9.17) is 4.74 Å².